The molecule has 1 aliphatic heterocycles. The lowest BCUT2D eigenvalue weighted by Crippen LogP contribution is -2.41. The van der Waals surface area contributed by atoms with Crippen LogP contribution in [-0.4, -0.2) is 17.9 Å². The van der Waals surface area contributed by atoms with Gasteiger partial charge in [-0.1, -0.05) is 12.1 Å². The Hall–Kier alpha value is -2.09. The molecule has 23 heavy (non-hydrogen) atoms. The number of carbonyl (C=O) groups excluding carboxylic acids is 2. The first kappa shape index (κ1) is 15.8. The summed E-state index contributed by atoms with van der Waals surface area (Å²) in [4.78, 5) is 24.3. The van der Waals surface area contributed by atoms with Crippen LogP contribution in [0.1, 0.15) is 12.0 Å². The quantitative estimate of drug-likeness (QED) is 0.666. The van der Waals surface area contributed by atoms with E-state index in [1.165, 1.54) is 0 Å². The maximum atomic E-state index is 12.2. The summed E-state index contributed by atoms with van der Waals surface area (Å²) in [6.07, 6.45) is 0.0750. The van der Waals surface area contributed by atoms with Gasteiger partial charge in [-0.25, -0.2) is 0 Å². The van der Waals surface area contributed by atoms with Crippen molar-refractivity contribution in [2.45, 2.75) is 19.4 Å². The van der Waals surface area contributed by atoms with Gasteiger partial charge in [0.05, 0.1) is 17.8 Å². The van der Waals surface area contributed by atoms with Crippen molar-refractivity contribution >= 4 is 51.5 Å². The highest BCUT2D eigenvalue weighted by Gasteiger charge is 2.27. The van der Waals surface area contributed by atoms with Gasteiger partial charge in [-0.2, -0.15) is 0 Å². The van der Waals surface area contributed by atoms with E-state index in [4.69, 9.17) is 0 Å². The van der Waals surface area contributed by atoms with E-state index in [1.807, 2.05) is 49.4 Å². The second-order valence-corrected chi connectivity index (χ2v) is 6.69. The molecule has 2 amide bonds. The zero-order chi connectivity index (χ0) is 16.4. The van der Waals surface area contributed by atoms with Gasteiger partial charge in [-0.05, 0) is 65.4 Å². The lowest BCUT2D eigenvalue weighted by molar-refractivity contribution is -0.122. The van der Waals surface area contributed by atoms with Crippen LogP contribution in [-0.2, 0) is 9.59 Å². The molecule has 0 radical (unpaired) electrons. The van der Waals surface area contributed by atoms with E-state index < -0.39 is 6.04 Å². The highest BCUT2D eigenvalue weighted by atomic mass is 127. The molecule has 0 saturated carbocycles. The minimum absolute atomic E-state index is 0.0750. The Morgan fingerprint density at radius 3 is 2.70 bits per heavy atom. The maximum absolute atomic E-state index is 12.2. The van der Waals surface area contributed by atoms with Gasteiger partial charge in [0, 0.05) is 9.26 Å². The van der Waals surface area contributed by atoms with Gasteiger partial charge in [0.25, 0.3) is 0 Å². The lowest BCUT2D eigenvalue weighted by Gasteiger charge is -2.26. The minimum atomic E-state index is -0.575. The van der Waals surface area contributed by atoms with E-state index in [0.717, 1.165) is 26.2 Å². The van der Waals surface area contributed by atoms with Crippen molar-refractivity contribution in [3.8, 4) is 0 Å². The van der Waals surface area contributed by atoms with Gasteiger partial charge in [0.15, 0.2) is 0 Å². The summed E-state index contributed by atoms with van der Waals surface area (Å²) >= 11 is 2.23. The molecule has 0 saturated heterocycles. The van der Waals surface area contributed by atoms with Crippen LogP contribution < -0.4 is 16.0 Å². The van der Waals surface area contributed by atoms with E-state index in [2.05, 4.69) is 38.5 Å². The van der Waals surface area contributed by atoms with Crippen LogP contribution >= 0.6 is 22.6 Å². The highest BCUT2D eigenvalue weighted by molar-refractivity contribution is 14.1. The van der Waals surface area contributed by atoms with Crippen LogP contribution in [0.2, 0.25) is 0 Å². The molecule has 6 heteroatoms. The Bertz CT molecular complexity index is 776. The summed E-state index contributed by atoms with van der Waals surface area (Å²) < 4.78 is 1.11. The molecule has 0 fully saturated rings. The van der Waals surface area contributed by atoms with Crippen molar-refractivity contribution < 1.29 is 9.59 Å². The van der Waals surface area contributed by atoms with Crippen molar-refractivity contribution in [3.63, 3.8) is 0 Å². The Balaban J connectivity index is 1.67. The molecule has 0 bridgehead atoms. The first-order valence-electron chi connectivity index (χ1n) is 7.25. The number of aryl methyl sites for hydroxylation is 1. The number of fused-ring (bicyclic) bond motifs is 1. The molecule has 1 heterocycles. The number of para-hydroxylation sites is 2. The molecule has 0 unspecified atom stereocenters. The van der Waals surface area contributed by atoms with Gasteiger partial charge < -0.3 is 16.0 Å². The van der Waals surface area contributed by atoms with Crippen LogP contribution in [0.4, 0.5) is 17.1 Å². The summed E-state index contributed by atoms with van der Waals surface area (Å²) in [7, 11) is 0. The Kier molecular flexibility index (Phi) is 4.51. The van der Waals surface area contributed by atoms with E-state index >= 15 is 0 Å². The first-order chi connectivity index (χ1) is 11.0. The number of halogens is 1. The number of hydrogen-bond donors (Lipinski definition) is 3. The third-order valence-corrected chi connectivity index (χ3v) is 4.35. The molecule has 2 aromatic carbocycles. The minimum Gasteiger partial charge on any atom is -0.372 e. The Morgan fingerprint density at radius 2 is 1.96 bits per heavy atom. The van der Waals surface area contributed by atoms with Crippen LogP contribution in [0.3, 0.4) is 0 Å². The lowest BCUT2D eigenvalue weighted by atomic mass is 10.1. The van der Waals surface area contributed by atoms with Gasteiger partial charge in [0.2, 0.25) is 11.8 Å². The third-order valence-electron chi connectivity index (χ3n) is 3.68. The summed E-state index contributed by atoms with van der Waals surface area (Å²) in [5, 5.41) is 8.80. The molecule has 1 aliphatic rings. The number of amides is 2. The molecule has 3 rings (SSSR count). The summed E-state index contributed by atoms with van der Waals surface area (Å²) in [6.45, 7) is 1.94. The van der Waals surface area contributed by atoms with E-state index in [1.54, 1.807) is 0 Å². The fourth-order valence-electron chi connectivity index (χ4n) is 2.49. The second kappa shape index (κ2) is 6.57. The number of nitrogens with one attached hydrogen (secondary N) is 3. The molecule has 1 atom stereocenters. The Morgan fingerprint density at radius 1 is 1.22 bits per heavy atom. The van der Waals surface area contributed by atoms with Gasteiger partial charge in [0.1, 0.15) is 6.04 Å². The number of rotatable bonds is 3. The standard InChI is InChI=1S/C17H16IN3O2/c1-10-8-11(18)6-7-12(10)20-16(22)9-15-17(23)21-14-5-3-2-4-13(14)19-15/h2-8,15,19H,9H2,1H3,(H,20,22)(H,21,23)/t15-/m0/s1. The van der Waals surface area contributed by atoms with Crippen LogP contribution in [0, 0.1) is 10.5 Å². The molecular weight excluding hydrogens is 405 g/mol. The molecule has 0 aliphatic carbocycles. The summed E-state index contributed by atoms with van der Waals surface area (Å²) in [5.74, 6) is -0.389. The van der Waals surface area contributed by atoms with Gasteiger partial charge in [-0.15, -0.1) is 0 Å². The van der Waals surface area contributed by atoms with Crippen molar-refractivity contribution in [2.75, 3.05) is 16.0 Å². The average Bonchev–Trinajstić information content (AvgIpc) is 2.51. The van der Waals surface area contributed by atoms with Gasteiger partial charge >= 0.3 is 0 Å². The number of carbonyl (C=O) groups is 2. The van der Waals surface area contributed by atoms with Crippen molar-refractivity contribution in [3.05, 3.63) is 51.6 Å². The van der Waals surface area contributed by atoms with E-state index in [9.17, 15) is 9.59 Å². The van der Waals surface area contributed by atoms with E-state index in [-0.39, 0.29) is 18.2 Å². The zero-order valence-electron chi connectivity index (χ0n) is 12.5. The normalized spacial score (nSPS) is 16.1. The number of benzene rings is 2. The zero-order valence-corrected chi connectivity index (χ0v) is 14.7. The maximum Gasteiger partial charge on any atom is 0.247 e. The first-order valence-corrected chi connectivity index (χ1v) is 8.33. The molecule has 5 nitrogen and oxygen atoms in total. The highest BCUT2D eigenvalue weighted by Crippen LogP contribution is 2.27. The predicted octanol–water partition coefficient (Wildman–Crippen LogP) is 3.36. The summed E-state index contributed by atoms with van der Waals surface area (Å²) in [5.41, 5.74) is 3.33. The van der Waals surface area contributed by atoms with Crippen molar-refractivity contribution in [1.29, 1.82) is 0 Å². The monoisotopic (exact) mass is 421 g/mol. The molecule has 0 aromatic heterocycles. The van der Waals surface area contributed by atoms with Crippen LogP contribution in [0.25, 0.3) is 0 Å². The predicted molar refractivity (Wildman–Crippen MR) is 99.6 cm³/mol. The molecule has 118 valence electrons. The van der Waals surface area contributed by atoms with Crippen molar-refractivity contribution in [2.24, 2.45) is 0 Å². The Labute approximate surface area is 148 Å². The fourth-order valence-corrected chi connectivity index (χ4v) is 3.14. The largest absolute Gasteiger partial charge is 0.372 e. The number of anilines is 3. The molecule has 3 N–H and O–H groups in total. The molecule has 2 aromatic rings. The third kappa shape index (κ3) is 3.64. The fraction of sp³-hybridized carbons (Fsp3) is 0.176. The molecular formula is C17H16IN3O2. The SMILES string of the molecule is Cc1cc(I)ccc1NC(=O)C[C@@H]1Nc2ccccc2NC1=O. The van der Waals surface area contributed by atoms with Crippen molar-refractivity contribution in [1.82, 2.24) is 0 Å². The molecule has 0 spiro atoms. The van der Waals surface area contributed by atoms with Gasteiger partial charge in [-0.3, -0.25) is 9.59 Å². The number of hydrogen-bond acceptors (Lipinski definition) is 3. The van der Waals surface area contributed by atoms with E-state index in [0.29, 0.717) is 0 Å². The topological polar surface area (TPSA) is 70.2 Å². The second-order valence-electron chi connectivity index (χ2n) is 5.44. The van der Waals surface area contributed by atoms with Crippen LogP contribution in [0.5, 0.6) is 0 Å². The van der Waals surface area contributed by atoms with Crippen LogP contribution in [0.15, 0.2) is 42.5 Å². The summed E-state index contributed by atoms with van der Waals surface area (Å²) in [6, 6.07) is 12.7. The smallest absolute Gasteiger partial charge is 0.247 e. The average molecular weight is 421 g/mol.